The van der Waals surface area contributed by atoms with Gasteiger partial charge >= 0.3 is 0 Å². The molecule has 0 saturated heterocycles. The highest BCUT2D eigenvalue weighted by atomic mass is 79.9. The van der Waals surface area contributed by atoms with E-state index in [-0.39, 0.29) is 18.5 Å². The van der Waals surface area contributed by atoms with E-state index in [1.54, 1.807) is 31.2 Å². The van der Waals surface area contributed by atoms with Crippen LogP contribution in [0.4, 0.5) is 5.69 Å². The van der Waals surface area contributed by atoms with Crippen molar-refractivity contribution in [1.82, 2.24) is 10.2 Å². The molecule has 0 aliphatic heterocycles. The Morgan fingerprint density at radius 1 is 1.14 bits per heavy atom. The quantitative estimate of drug-likeness (QED) is 0.473. The van der Waals surface area contributed by atoms with Crippen LogP contribution in [0.1, 0.15) is 38.2 Å². The van der Waals surface area contributed by atoms with Crippen LogP contribution in [-0.4, -0.2) is 57.1 Å². The van der Waals surface area contributed by atoms with Crippen molar-refractivity contribution in [2.45, 2.75) is 51.2 Å². The summed E-state index contributed by atoms with van der Waals surface area (Å²) in [5.74, 6) is -0.246. The van der Waals surface area contributed by atoms with Crippen LogP contribution in [0, 0.1) is 0 Å². The van der Waals surface area contributed by atoms with Gasteiger partial charge < -0.3 is 15.0 Å². The molecule has 1 aliphatic carbocycles. The Kier molecular flexibility index (Phi) is 9.18. The van der Waals surface area contributed by atoms with E-state index in [9.17, 15) is 18.0 Å². The molecule has 2 aromatic carbocycles. The molecule has 1 saturated carbocycles. The summed E-state index contributed by atoms with van der Waals surface area (Å²) in [6.45, 7) is 1.40. The molecule has 0 aromatic heterocycles. The van der Waals surface area contributed by atoms with Crippen LogP contribution in [-0.2, 0) is 26.2 Å². The van der Waals surface area contributed by atoms with E-state index < -0.39 is 28.5 Å². The average Bonchev–Trinajstić information content (AvgIpc) is 3.33. The third kappa shape index (κ3) is 7.44. The van der Waals surface area contributed by atoms with E-state index in [1.165, 1.54) is 12.0 Å². The van der Waals surface area contributed by atoms with E-state index >= 15 is 0 Å². The Balaban J connectivity index is 1.88. The van der Waals surface area contributed by atoms with E-state index in [2.05, 4.69) is 21.2 Å². The average molecular weight is 567 g/mol. The third-order valence-corrected chi connectivity index (χ3v) is 7.82. The number of hydrogen-bond donors (Lipinski definition) is 1. The fourth-order valence-electron chi connectivity index (χ4n) is 4.14. The van der Waals surface area contributed by atoms with Gasteiger partial charge in [-0.25, -0.2) is 8.42 Å². The topological polar surface area (TPSA) is 96.0 Å². The van der Waals surface area contributed by atoms with Gasteiger partial charge in [0.2, 0.25) is 21.8 Å². The van der Waals surface area contributed by atoms with Crippen LogP contribution in [0.25, 0.3) is 0 Å². The van der Waals surface area contributed by atoms with E-state index in [4.69, 9.17) is 4.74 Å². The minimum atomic E-state index is -3.79. The summed E-state index contributed by atoms with van der Waals surface area (Å²) >= 11 is 3.41. The summed E-state index contributed by atoms with van der Waals surface area (Å²) in [6, 6.07) is 13.3. The maximum atomic E-state index is 13.6. The molecule has 2 amide bonds. The Hall–Kier alpha value is -2.59. The molecule has 0 radical (unpaired) electrons. The molecule has 1 unspecified atom stereocenters. The number of carbonyl (C=O) groups is 2. The molecule has 10 heteroatoms. The van der Waals surface area contributed by atoms with Crippen molar-refractivity contribution in [3.8, 4) is 5.75 Å². The summed E-state index contributed by atoms with van der Waals surface area (Å²) in [4.78, 5) is 28.1. The lowest BCUT2D eigenvalue weighted by Gasteiger charge is -2.32. The third-order valence-electron chi connectivity index (χ3n) is 6.16. The summed E-state index contributed by atoms with van der Waals surface area (Å²) in [5, 5.41) is 3.05. The first kappa shape index (κ1) is 27.0. The van der Waals surface area contributed by atoms with Crippen LogP contribution in [0.2, 0.25) is 0 Å². The predicted octanol–water partition coefficient (Wildman–Crippen LogP) is 3.70. The number of methoxy groups -OCH3 is 1. The number of anilines is 1. The molecule has 3 rings (SSSR count). The lowest BCUT2D eigenvalue weighted by molar-refractivity contribution is -0.139. The Bertz CT molecular complexity index is 1130. The predicted molar refractivity (Wildman–Crippen MR) is 140 cm³/mol. The second kappa shape index (κ2) is 11.9. The molecule has 35 heavy (non-hydrogen) atoms. The van der Waals surface area contributed by atoms with Crippen LogP contribution < -0.4 is 14.4 Å². The van der Waals surface area contributed by atoms with E-state index in [0.29, 0.717) is 11.4 Å². The number of amides is 2. The molecular weight excluding hydrogens is 534 g/mol. The van der Waals surface area contributed by atoms with Crippen molar-refractivity contribution in [2.24, 2.45) is 0 Å². The van der Waals surface area contributed by atoms with Crippen LogP contribution in [0.15, 0.2) is 53.0 Å². The van der Waals surface area contributed by atoms with Crippen molar-refractivity contribution < 1.29 is 22.7 Å². The van der Waals surface area contributed by atoms with Gasteiger partial charge in [-0.1, -0.05) is 47.0 Å². The summed E-state index contributed by atoms with van der Waals surface area (Å²) in [6.07, 6.45) is 5.05. The number of sulfonamides is 1. The number of halogens is 1. The fraction of sp³-hybridized carbons (Fsp3) is 0.440. The van der Waals surface area contributed by atoms with Gasteiger partial charge in [0.1, 0.15) is 18.3 Å². The number of rotatable bonds is 10. The molecule has 190 valence electrons. The molecule has 0 spiro atoms. The van der Waals surface area contributed by atoms with Crippen molar-refractivity contribution in [3.05, 3.63) is 58.6 Å². The highest BCUT2D eigenvalue weighted by molar-refractivity contribution is 9.10. The molecule has 1 atom stereocenters. The number of nitrogens with one attached hydrogen (secondary N) is 1. The maximum Gasteiger partial charge on any atom is 0.244 e. The van der Waals surface area contributed by atoms with Crippen LogP contribution in [0.3, 0.4) is 0 Å². The highest BCUT2D eigenvalue weighted by Crippen LogP contribution is 2.24. The van der Waals surface area contributed by atoms with Crippen molar-refractivity contribution in [3.63, 3.8) is 0 Å². The molecule has 1 N–H and O–H groups in total. The van der Waals surface area contributed by atoms with Gasteiger partial charge in [-0.15, -0.1) is 0 Å². The second-order valence-electron chi connectivity index (χ2n) is 8.79. The van der Waals surface area contributed by atoms with E-state index in [1.807, 2.05) is 24.3 Å². The number of ether oxygens (including phenoxy) is 1. The largest absolute Gasteiger partial charge is 0.497 e. The van der Waals surface area contributed by atoms with Crippen LogP contribution in [0.5, 0.6) is 5.75 Å². The first-order valence-electron chi connectivity index (χ1n) is 11.5. The maximum absolute atomic E-state index is 13.6. The Morgan fingerprint density at radius 2 is 1.80 bits per heavy atom. The van der Waals surface area contributed by atoms with Gasteiger partial charge in [-0.05, 0) is 49.6 Å². The van der Waals surface area contributed by atoms with Crippen molar-refractivity contribution in [1.29, 1.82) is 0 Å². The normalized spacial score (nSPS) is 14.9. The SMILES string of the molecule is COc1cccc(N(CC(=O)N(Cc2ccc(Br)cc2)C(C)C(=O)NC2CCCC2)S(C)(=O)=O)c1. The number of benzene rings is 2. The first-order valence-corrected chi connectivity index (χ1v) is 14.2. The summed E-state index contributed by atoms with van der Waals surface area (Å²) < 4.78 is 32.4. The van der Waals surface area contributed by atoms with Crippen molar-refractivity contribution in [2.75, 3.05) is 24.2 Å². The van der Waals surface area contributed by atoms with Gasteiger partial charge in [-0.3, -0.25) is 13.9 Å². The first-order chi connectivity index (χ1) is 16.6. The van der Waals surface area contributed by atoms with Gasteiger partial charge in [0.25, 0.3) is 0 Å². The van der Waals surface area contributed by atoms with E-state index in [0.717, 1.165) is 46.3 Å². The molecule has 8 nitrogen and oxygen atoms in total. The van der Waals surface area contributed by atoms with Gasteiger partial charge in [0.05, 0.1) is 19.1 Å². The lowest BCUT2D eigenvalue weighted by atomic mass is 10.1. The molecule has 0 heterocycles. The molecule has 1 aliphatic rings. The smallest absolute Gasteiger partial charge is 0.244 e. The minimum Gasteiger partial charge on any atom is -0.497 e. The summed E-state index contributed by atoms with van der Waals surface area (Å²) in [7, 11) is -2.31. The minimum absolute atomic E-state index is 0.110. The number of carbonyl (C=O) groups excluding carboxylic acids is 2. The molecule has 1 fully saturated rings. The van der Waals surface area contributed by atoms with Gasteiger partial charge in [-0.2, -0.15) is 0 Å². The zero-order valence-corrected chi connectivity index (χ0v) is 22.6. The zero-order chi connectivity index (χ0) is 25.6. The monoisotopic (exact) mass is 565 g/mol. The zero-order valence-electron chi connectivity index (χ0n) is 20.2. The fourth-order valence-corrected chi connectivity index (χ4v) is 5.25. The van der Waals surface area contributed by atoms with Crippen molar-refractivity contribution >= 4 is 43.5 Å². The molecule has 0 bridgehead atoms. The van der Waals surface area contributed by atoms with Crippen LogP contribution >= 0.6 is 15.9 Å². The molecule has 2 aromatic rings. The number of nitrogens with zero attached hydrogens (tertiary/aromatic N) is 2. The van der Waals surface area contributed by atoms with Gasteiger partial charge in [0.15, 0.2) is 0 Å². The Labute approximate surface area is 215 Å². The Morgan fingerprint density at radius 3 is 2.40 bits per heavy atom. The second-order valence-corrected chi connectivity index (χ2v) is 11.6. The standard InChI is InChI=1S/C25H32BrN3O5S/c1-18(25(31)27-21-7-4-5-8-21)28(16-19-11-13-20(26)14-12-19)24(30)17-29(35(3,32)33)22-9-6-10-23(15-22)34-2/h6,9-15,18,21H,4-5,7-8,16-17H2,1-3H3,(H,27,31). The van der Waals surface area contributed by atoms with Gasteiger partial charge in [0, 0.05) is 23.1 Å². The lowest BCUT2D eigenvalue weighted by Crippen LogP contribution is -2.52. The molecular formula is C25H32BrN3O5S. The highest BCUT2D eigenvalue weighted by Gasteiger charge is 2.31. The summed E-state index contributed by atoms with van der Waals surface area (Å²) in [5.41, 5.74) is 1.14. The number of hydrogen-bond acceptors (Lipinski definition) is 5.